The lowest BCUT2D eigenvalue weighted by Gasteiger charge is -2.35. The van der Waals surface area contributed by atoms with E-state index >= 15 is 0 Å². The Bertz CT molecular complexity index is 540. The van der Waals surface area contributed by atoms with Gasteiger partial charge in [0, 0.05) is 43.3 Å². The Morgan fingerprint density at radius 1 is 1.19 bits per heavy atom. The van der Waals surface area contributed by atoms with E-state index in [9.17, 15) is 9.59 Å². The minimum absolute atomic E-state index is 0.0210. The van der Waals surface area contributed by atoms with Gasteiger partial charge in [0.15, 0.2) is 0 Å². The monoisotopic (exact) mass is 354 g/mol. The van der Waals surface area contributed by atoms with Gasteiger partial charge in [-0.2, -0.15) is 0 Å². The fourth-order valence-electron chi connectivity index (χ4n) is 2.38. The van der Waals surface area contributed by atoms with E-state index in [-0.39, 0.29) is 18.4 Å². The third kappa shape index (κ3) is 3.63. The third-order valence-electron chi connectivity index (χ3n) is 3.69. The fraction of sp³-hybridized carbons (Fsp3) is 0.467. The van der Waals surface area contributed by atoms with Gasteiger partial charge >= 0.3 is 0 Å². The second-order valence-electron chi connectivity index (χ2n) is 5.02. The van der Waals surface area contributed by atoms with Gasteiger partial charge in [0.1, 0.15) is 6.61 Å². The average Bonchev–Trinajstić information content (AvgIpc) is 2.50. The molecule has 2 amide bonds. The van der Waals surface area contributed by atoms with Crippen LogP contribution in [0.5, 0.6) is 0 Å². The van der Waals surface area contributed by atoms with Crippen molar-refractivity contribution in [2.24, 2.45) is 0 Å². The summed E-state index contributed by atoms with van der Waals surface area (Å²) in [5.41, 5.74) is 1.65. The molecule has 0 aliphatic carbocycles. The summed E-state index contributed by atoms with van der Waals surface area (Å²) >= 11 is 3.45. The van der Waals surface area contributed by atoms with Crippen LogP contribution in [0.3, 0.4) is 0 Å². The van der Waals surface area contributed by atoms with Crippen LogP contribution in [0.1, 0.15) is 15.9 Å². The molecule has 0 bridgehead atoms. The molecule has 0 atom stereocenters. The number of benzene rings is 1. The number of halogens is 1. The summed E-state index contributed by atoms with van der Waals surface area (Å²) in [4.78, 5) is 27.8. The highest BCUT2D eigenvalue weighted by atomic mass is 79.9. The van der Waals surface area contributed by atoms with Crippen LogP contribution < -0.4 is 0 Å². The van der Waals surface area contributed by atoms with Crippen molar-refractivity contribution in [3.8, 4) is 0 Å². The maximum Gasteiger partial charge on any atom is 0.254 e. The van der Waals surface area contributed by atoms with Crippen molar-refractivity contribution in [1.29, 1.82) is 0 Å². The zero-order chi connectivity index (χ0) is 15.4. The van der Waals surface area contributed by atoms with Gasteiger partial charge in [-0.3, -0.25) is 9.59 Å². The van der Waals surface area contributed by atoms with Crippen LogP contribution in [-0.4, -0.2) is 61.5 Å². The smallest absolute Gasteiger partial charge is 0.254 e. The van der Waals surface area contributed by atoms with E-state index in [1.807, 2.05) is 25.1 Å². The first kappa shape index (κ1) is 16.0. The van der Waals surface area contributed by atoms with Crippen LogP contribution in [0.15, 0.2) is 22.7 Å². The lowest BCUT2D eigenvalue weighted by Crippen LogP contribution is -2.51. The molecule has 6 heteroatoms. The van der Waals surface area contributed by atoms with Crippen LogP contribution >= 0.6 is 15.9 Å². The molecule has 1 aromatic rings. The van der Waals surface area contributed by atoms with Crippen molar-refractivity contribution in [2.75, 3.05) is 39.9 Å². The number of nitrogens with zero attached hydrogens (tertiary/aromatic N) is 2. The molecule has 21 heavy (non-hydrogen) atoms. The Kier molecular flexibility index (Phi) is 5.36. The van der Waals surface area contributed by atoms with Gasteiger partial charge < -0.3 is 14.5 Å². The normalized spacial score (nSPS) is 15.2. The summed E-state index contributed by atoms with van der Waals surface area (Å²) in [6.45, 7) is 4.25. The van der Waals surface area contributed by atoms with Crippen molar-refractivity contribution < 1.29 is 14.3 Å². The van der Waals surface area contributed by atoms with Crippen LogP contribution in [0, 0.1) is 6.92 Å². The standard InChI is InChI=1S/C15H19BrN2O3/c1-11-12(4-3-5-13(11)16)15(20)18-8-6-17(7-9-18)14(19)10-21-2/h3-5H,6-10H2,1-2H3. The first-order chi connectivity index (χ1) is 10.0. The number of methoxy groups -OCH3 is 1. The van der Waals surface area contributed by atoms with Crippen LogP contribution in [0.25, 0.3) is 0 Å². The van der Waals surface area contributed by atoms with Crippen LogP contribution in [0.4, 0.5) is 0 Å². The predicted molar refractivity (Wildman–Crippen MR) is 83.2 cm³/mol. The Balaban J connectivity index is 2.00. The maximum atomic E-state index is 12.6. The molecule has 5 nitrogen and oxygen atoms in total. The summed E-state index contributed by atoms with van der Waals surface area (Å²) < 4.78 is 5.79. The van der Waals surface area contributed by atoms with Crippen molar-refractivity contribution in [2.45, 2.75) is 6.92 Å². The molecule has 0 unspecified atom stereocenters. The molecule has 1 fully saturated rings. The summed E-state index contributed by atoms with van der Waals surface area (Å²) in [7, 11) is 1.51. The van der Waals surface area contributed by atoms with Gasteiger partial charge in [0.25, 0.3) is 5.91 Å². The first-order valence-electron chi connectivity index (χ1n) is 6.85. The molecule has 0 aromatic heterocycles. The number of hydrogen-bond acceptors (Lipinski definition) is 3. The molecule has 1 aliphatic heterocycles. The molecule has 1 aromatic carbocycles. The fourth-order valence-corrected chi connectivity index (χ4v) is 2.75. The van der Waals surface area contributed by atoms with Crippen molar-refractivity contribution in [3.63, 3.8) is 0 Å². The number of amides is 2. The Morgan fingerprint density at radius 3 is 2.43 bits per heavy atom. The molecule has 0 radical (unpaired) electrons. The van der Waals surface area contributed by atoms with E-state index in [2.05, 4.69) is 15.9 Å². The van der Waals surface area contributed by atoms with Crippen LogP contribution in [-0.2, 0) is 9.53 Å². The highest BCUT2D eigenvalue weighted by molar-refractivity contribution is 9.10. The molecule has 0 N–H and O–H groups in total. The Hall–Kier alpha value is -1.40. The molecule has 0 saturated carbocycles. The minimum atomic E-state index is -0.0248. The zero-order valence-corrected chi connectivity index (χ0v) is 13.9. The number of rotatable bonds is 3. The van der Waals surface area contributed by atoms with Gasteiger partial charge in [0.2, 0.25) is 5.91 Å². The SMILES string of the molecule is COCC(=O)N1CCN(C(=O)c2cccc(Br)c2C)CC1. The van der Waals surface area contributed by atoms with Gasteiger partial charge in [-0.15, -0.1) is 0 Å². The number of ether oxygens (including phenoxy) is 1. The lowest BCUT2D eigenvalue weighted by atomic mass is 10.1. The van der Waals surface area contributed by atoms with Gasteiger partial charge in [-0.1, -0.05) is 22.0 Å². The summed E-state index contributed by atoms with van der Waals surface area (Å²) in [6, 6.07) is 5.63. The predicted octanol–water partition coefficient (Wildman–Crippen LogP) is 1.69. The first-order valence-corrected chi connectivity index (χ1v) is 7.65. The zero-order valence-electron chi connectivity index (χ0n) is 12.3. The van der Waals surface area contributed by atoms with E-state index < -0.39 is 0 Å². The van der Waals surface area contributed by atoms with Crippen molar-refractivity contribution in [1.82, 2.24) is 9.80 Å². The van der Waals surface area contributed by atoms with E-state index in [4.69, 9.17) is 4.74 Å². The Morgan fingerprint density at radius 2 is 1.81 bits per heavy atom. The van der Waals surface area contributed by atoms with E-state index in [1.54, 1.807) is 9.80 Å². The number of piperazine rings is 1. The molecule has 114 valence electrons. The largest absolute Gasteiger partial charge is 0.375 e. The lowest BCUT2D eigenvalue weighted by molar-refractivity contribution is -0.136. The van der Waals surface area contributed by atoms with Crippen LogP contribution in [0.2, 0.25) is 0 Å². The van der Waals surface area contributed by atoms with Gasteiger partial charge in [-0.05, 0) is 24.6 Å². The molecule has 0 spiro atoms. The average molecular weight is 355 g/mol. The van der Waals surface area contributed by atoms with E-state index in [1.165, 1.54) is 7.11 Å². The van der Waals surface area contributed by atoms with Gasteiger partial charge in [0.05, 0.1) is 0 Å². The number of hydrogen-bond donors (Lipinski definition) is 0. The number of carbonyl (C=O) groups is 2. The maximum absolute atomic E-state index is 12.6. The minimum Gasteiger partial charge on any atom is -0.375 e. The van der Waals surface area contributed by atoms with Gasteiger partial charge in [-0.25, -0.2) is 0 Å². The highest BCUT2D eigenvalue weighted by Gasteiger charge is 2.25. The van der Waals surface area contributed by atoms with Crippen molar-refractivity contribution in [3.05, 3.63) is 33.8 Å². The molecule has 1 heterocycles. The molecular weight excluding hydrogens is 336 g/mol. The van der Waals surface area contributed by atoms with E-state index in [0.717, 1.165) is 10.0 Å². The summed E-state index contributed by atoms with van der Waals surface area (Å²) in [5, 5.41) is 0. The van der Waals surface area contributed by atoms with Crippen molar-refractivity contribution >= 4 is 27.7 Å². The Labute approximate surface area is 133 Å². The highest BCUT2D eigenvalue weighted by Crippen LogP contribution is 2.21. The molecule has 1 aliphatic rings. The molecular formula is C15H19BrN2O3. The summed E-state index contributed by atoms with van der Waals surface area (Å²) in [5.74, 6) is -0.00382. The second kappa shape index (κ2) is 7.04. The molecule has 2 rings (SSSR count). The topological polar surface area (TPSA) is 49.9 Å². The third-order valence-corrected chi connectivity index (χ3v) is 4.54. The van der Waals surface area contributed by atoms with E-state index in [0.29, 0.717) is 31.7 Å². The summed E-state index contributed by atoms with van der Waals surface area (Å²) in [6.07, 6.45) is 0. The number of carbonyl (C=O) groups excluding carboxylic acids is 2. The second-order valence-corrected chi connectivity index (χ2v) is 5.87. The quantitative estimate of drug-likeness (QED) is 0.829. The molecule has 1 saturated heterocycles.